The quantitative estimate of drug-likeness (QED) is 0.310. The third-order valence-corrected chi connectivity index (χ3v) is 10.5. The van der Waals surface area contributed by atoms with Gasteiger partial charge in [-0.15, -0.1) is 0 Å². The number of fused-ring (bicyclic) bond motifs is 1. The molecule has 3 aromatic rings. The number of aryl methyl sites for hydroxylation is 1. The Morgan fingerprint density at radius 3 is 2.27 bits per heavy atom. The van der Waals surface area contributed by atoms with Crippen molar-refractivity contribution in [3.8, 4) is 11.5 Å². The fourth-order valence-electron chi connectivity index (χ4n) is 4.64. The van der Waals surface area contributed by atoms with Gasteiger partial charge in [0.05, 0.1) is 28.5 Å². The average Bonchev–Trinajstić information content (AvgIpc) is 2.96. The number of aromatic nitrogens is 1. The number of ether oxygens (including phenoxy) is 2. The molecule has 1 aromatic heterocycles. The normalized spacial score (nSPS) is 15.5. The Hall–Kier alpha value is -3.48. The molecule has 41 heavy (non-hydrogen) atoms. The molecule has 1 aliphatic rings. The van der Waals surface area contributed by atoms with E-state index in [1.807, 2.05) is 30.3 Å². The van der Waals surface area contributed by atoms with Crippen molar-refractivity contribution < 1.29 is 31.1 Å². The minimum Gasteiger partial charge on any atom is -0.486 e. The van der Waals surface area contributed by atoms with Crippen molar-refractivity contribution in [2.24, 2.45) is 17.6 Å². The van der Waals surface area contributed by atoms with Gasteiger partial charge < -0.3 is 15.2 Å². The van der Waals surface area contributed by atoms with Gasteiger partial charge in [-0.05, 0) is 54.2 Å². The van der Waals surface area contributed by atoms with E-state index >= 15 is 0 Å². The first-order valence-electron chi connectivity index (χ1n) is 13.3. The lowest BCUT2D eigenvalue weighted by molar-refractivity contribution is -0.131. The van der Waals surface area contributed by atoms with E-state index in [0.717, 1.165) is 11.1 Å². The summed E-state index contributed by atoms with van der Waals surface area (Å²) in [5.74, 6) is -2.63. The van der Waals surface area contributed by atoms with E-state index in [0.29, 0.717) is 23.1 Å². The van der Waals surface area contributed by atoms with Gasteiger partial charge in [-0.3, -0.25) is 9.78 Å². The summed E-state index contributed by atoms with van der Waals surface area (Å²) in [6.45, 7) is 3.75. The average molecular weight is 602 g/mol. The highest BCUT2D eigenvalue weighted by Crippen LogP contribution is 2.34. The predicted molar refractivity (Wildman–Crippen MR) is 155 cm³/mol. The van der Waals surface area contributed by atoms with E-state index in [9.17, 15) is 21.6 Å². The largest absolute Gasteiger partial charge is 0.486 e. The monoisotopic (exact) mass is 601 g/mol. The van der Waals surface area contributed by atoms with Crippen LogP contribution in [-0.4, -0.2) is 62.9 Å². The predicted octanol–water partition coefficient (Wildman–Crippen LogP) is 2.83. The van der Waals surface area contributed by atoms with Crippen molar-refractivity contribution in [2.45, 2.75) is 37.8 Å². The van der Waals surface area contributed by atoms with Crippen molar-refractivity contribution >= 4 is 25.8 Å². The summed E-state index contributed by atoms with van der Waals surface area (Å²) < 4.78 is 65.7. The van der Waals surface area contributed by atoms with Crippen molar-refractivity contribution in [3.63, 3.8) is 0 Å². The molecule has 3 atom stereocenters. The van der Waals surface area contributed by atoms with Gasteiger partial charge in [0.25, 0.3) is 10.0 Å². The van der Waals surface area contributed by atoms with Gasteiger partial charge >= 0.3 is 0 Å². The Labute approximate surface area is 241 Å². The molecule has 10 nitrogen and oxygen atoms in total. The van der Waals surface area contributed by atoms with Gasteiger partial charge in [0.2, 0.25) is 5.91 Å². The summed E-state index contributed by atoms with van der Waals surface area (Å²) in [6, 6.07) is 16.9. The molecule has 0 saturated carbocycles. The maximum absolute atomic E-state index is 14.0. The van der Waals surface area contributed by atoms with E-state index in [4.69, 9.17) is 15.2 Å². The first kappa shape index (κ1) is 30.5. The number of sulfone groups is 1. The van der Waals surface area contributed by atoms with Gasteiger partial charge in [0, 0.05) is 18.5 Å². The summed E-state index contributed by atoms with van der Waals surface area (Å²) in [6.07, 6.45) is 2.54. The van der Waals surface area contributed by atoms with Crippen LogP contribution in [0.3, 0.4) is 0 Å². The molecular formula is C29H35N3O7S2. The van der Waals surface area contributed by atoms with Crippen LogP contribution in [0.15, 0.2) is 78.0 Å². The summed E-state index contributed by atoms with van der Waals surface area (Å²) in [5.41, 5.74) is 8.24. The molecule has 220 valence electrons. The lowest BCUT2D eigenvalue weighted by Gasteiger charge is -2.34. The molecule has 0 spiro atoms. The topological polar surface area (TPSA) is 146 Å². The lowest BCUT2D eigenvalue weighted by atomic mass is 9.98. The van der Waals surface area contributed by atoms with Gasteiger partial charge in [-0.25, -0.2) is 21.1 Å². The maximum atomic E-state index is 14.0. The Morgan fingerprint density at radius 2 is 1.59 bits per heavy atom. The Morgan fingerprint density at radius 1 is 0.927 bits per heavy atom. The number of benzene rings is 2. The Kier molecular flexibility index (Phi) is 9.67. The number of amides is 1. The highest BCUT2D eigenvalue weighted by atomic mass is 32.2. The summed E-state index contributed by atoms with van der Waals surface area (Å²) in [4.78, 5) is 17.6. The highest BCUT2D eigenvalue weighted by molar-refractivity contribution is 7.91. The number of carbonyl (C=O) groups excluding carboxylic acids is 1. The third-order valence-electron chi connectivity index (χ3n) is 6.92. The highest BCUT2D eigenvalue weighted by Gasteiger charge is 2.40. The third kappa shape index (κ3) is 7.63. The number of nitrogens with two attached hydrogens (primary N) is 1. The number of hydrogen-bond donors (Lipinski definition) is 1. The second-order valence-corrected chi connectivity index (χ2v) is 14.3. The molecule has 12 heteroatoms. The van der Waals surface area contributed by atoms with Crippen LogP contribution in [0.25, 0.3) is 0 Å². The zero-order valence-corrected chi connectivity index (χ0v) is 24.7. The summed E-state index contributed by atoms with van der Waals surface area (Å²) in [7, 11) is -8.22. The smallest absolute Gasteiger partial charge is 0.268 e. The molecule has 1 unspecified atom stereocenters. The standard InChI is InChI=1S/C29H35N3O7S2/c1-21(18-24-6-4-3-5-7-24)28(30)32(41(36,37)25-8-9-26-27(19-25)39-16-15-38-26)29(33)22(2)20-40(34,35)17-12-23-10-13-31-14-11-23/h3-11,13-14,19,21-22,28H,12,15-18,20,30H2,1-2H3/t21-,22?,28-/m0/s1. The van der Waals surface area contributed by atoms with Crippen LogP contribution >= 0.6 is 0 Å². The number of sulfonamides is 1. The van der Waals surface area contributed by atoms with Crippen LogP contribution in [0.2, 0.25) is 0 Å². The van der Waals surface area contributed by atoms with Gasteiger partial charge in [0.1, 0.15) is 13.2 Å². The Bertz CT molecular complexity index is 1550. The van der Waals surface area contributed by atoms with Crippen LogP contribution < -0.4 is 15.2 Å². The zero-order valence-electron chi connectivity index (χ0n) is 23.0. The zero-order chi connectivity index (χ0) is 29.6. The van der Waals surface area contributed by atoms with E-state index in [1.165, 1.54) is 25.1 Å². The minimum absolute atomic E-state index is 0.194. The molecule has 0 saturated heterocycles. The lowest BCUT2D eigenvalue weighted by Crippen LogP contribution is -2.55. The maximum Gasteiger partial charge on any atom is 0.268 e. The first-order chi connectivity index (χ1) is 19.5. The van der Waals surface area contributed by atoms with E-state index in [-0.39, 0.29) is 29.4 Å². The van der Waals surface area contributed by atoms with Crippen LogP contribution in [0.5, 0.6) is 11.5 Å². The molecule has 2 aromatic carbocycles. The molecule has 1 amide bonds. The number of rotatable bonds is 12. The van der Waals surface area contributed by atoms with Crippen LogP contribution in [-0.2, 0) is 37.5 Å². The molecule has 0 bridgehead atoms. The van der Waals surface area contributed by atoms with Crippen LogP contribution in [0.4, 0.5) is 0 Å². The van der Waals surface area contributed by atoms with Crippen LogP contribution in [0.1, 0.15) is 25.0 Å². The minimum atomic E-state index is -4.50. The van der Waals surface area contributed by atoms with E-state index in [1.54, 1.807) is 31.5 Å². The molecule has 4 rings (SSSR count). The molecule has 0 radical (unpaired) electrons. The fourth-order valence-corrected chi connectivity index (χ4v) is 7.92. The van der Waals surface area contributed by atoms with Crippen molar-refractivity contribution in [1.29, 1.82) is 0 Å². The second-order valence-electron chi connectivity index (χ2n) is 10.2. The second kappa shape index (κ2) is 13.0. The first-order valence-corrected chi connectivity index (χ1v) is 16.6. The molecule has 2 heterocycles. The van der Waals surface area contributed by atoms with Crippen molar-refractivity contribution in [3.05, 3.63) is 84.2 Å². The fraction of sp³-hybridized carbons (Fsp3) is 0.379. The SMILES string of the molecule is CC(CS(=O)(=O)CCc1ccncc1)C(=O)N([C@H](N)[C@@H](C)Cc1ccccc1)S(=O)(=O)c1ccc2c(c1)OCCO2. The summed E-state index contributed by atoms with van der Waals surface area (Å²) in [5, 5.41) is 0. The Balaban J connectivity index is 1.61. The molecule has 0 fully saturated rings. The number of pyridine rings is 1. The molecule has 2 N–H and O–H groups in total. The number of carbonyl (C=O) groups is 1. The number of hydrogen-bond acceptors (Lipinski definition) is 9. The van der Waals surface area contributed by atoms with Crippen LogP contribution in [0, 0.1) is 11.8 Å². The van der Waals surface area contributed by atoms with E-state index < -0.39 is 49.5 Å². The van der Waals surface area contributed by atoms with Gasteiger partial charge in [0.15, 0.2) is 21.3 Å². The number of nitrogens with zero attached hydrogens (tertiary/aromatic N) is 2. The van der Waals surface area contributed by atoms with Crippen molar-refractivity contribution in [1.82, 2.24) is 9.29 Å². The molecule has 0 aliphatic carbocycles. The molecular weight excluding hydrogens is 566 g/mol. The van der Waals surface area contributed by atoms with Gasteiger partial charge in [-0.2, -0.15) is 0 Å². The van der Waals surface area contributed by atoms with Gasteiger partial charge in [-0.1, -0.05) is 44.2 Å². The van der Waals surface area contributed by atoms with E-state index in [2.05, 4.69) is 4.98 Å². The van der Waals surface area contributed by atoms with Crippen molar-refractivity contribution in [2.75, 3.05) is 24.7 Å². The molecule has 1 aliphatic heterocycles. The summed E-state index contributed by atoms with van der Waals surface area (Å²) >= 11 is 0.